The van der Waals surface area contributed by atoms with Crippen molar-refractivity contribution in [1.29, 1.82) is 0 Å². The Morgan fingerprint density at radius 1 is 1.08 bits per heavy atom. The number of amides is 5. The number of nitrogens with one attached hydrogen (secondary N) is 1. The van der Waals surface area contributed by atoms with Crippen molar-refractivity contribution < 1.29 is 14.4 Å². The fourth-order valence-electron chi connectivity index (χ4n) is 2.64. The molecule has 0 unspecified atom stereocenters. The first kappa shape index (κ1) is 18.0. The van der Waals surface area contributed by atoms with Crippen molar-refractivity contribution >= 4 is 18.0 Å². The van der Waals surface area contributed by atoms with Gasteiger partial charge >= 0.3 is 12.1 Å². The summed E-state index contributed by atoms with van der Waals surface area (Å²) in [5, 5.41) is 2.72. The molecule has 1 aromatic rings. The lowest BCUT2D eigenvalue weighted by atomic mass is 10.1. The third-order valence-electron chi connectivity index (χ3n) is 4.04. The van der Waals surface area contributed by atoms with Crippen LogP contribution in [0.1, 0.15) is 44.6 Å². The highest BCUT2D eigenvalue weighted by Crippen LogP contribution is 2.14. The van der Waals surface area contributed by atoms with Crippen LogP contribution >= 0.6 is 0 Å². The molecule has 0 atom stereocenters. The molecule has 1 aromatic carbocycles. The highest BCUT2D eigenvalue weighted by molar-refractivity contribution is 6.09. The number of carbonyl (C=O) groups excluding carboxylic acids is 3. The lowest BCUT2D eigenvalue weighted by molar-refractivity contribution is -0.125. The van der Waals surface area contributed by atoms with Crippen LogP contribution in [-0.2, 0) is 11.3 Å². The SMILES string of the molecule is CCCCCCCNC(=O)N1CC(=O)N(Cc2ccccc2)C1=O. The molecule has 1 aliphatic heterocycles. The molecule has 1 aliphatic rings. The van der Waals surface area contributed by atoms with Crippen LogP contribution in [0.3, 0.4) is 0 Å². The summed E-state index contributed by atoms with van der Waals surface area (Å²) in [5.41, 5.74) is 0.859. The number of unbranched alkanes of at least 4 members (excludes halogenated alkanes) is 4. The van der Waals surface area contributed by atoms with Gasteiger partial charge in [-0.25, -0.2) is 14.5 Å². The molecule has 0 spiro atoms. The van der Waals surface area contributed by atoms with E-state index in [0.717, 1.165) is 34.6 Å². The molecule has 6 heteroatoms. The van der Waals surface area contributed by atoms with Gasteiger partial charge in [0.2, 0.25) is 0 Å². The number of carbonyl (C=O) groups is 3. The summed E-state index contributed by atoms with van der Waals surface area (Å²) in [6.45, 7) is 2.69. The number of hydrogen-bond acceptors (Lipinski definition) is 3. The highest BCUT2D eigenvalue weighted by atomic mass is 16.2. The van der Waals surface area contributed by atoms with E-state index in [1.165, 1.54) is 12.8 Å². The van der Waals surface area contributed by atoms with Gasteiger partial charge in [0.05, 0.1) is 6.54 Å². The predicted molar refractivity (Wildman–Crippen MR) is 91.3 cm³/mol. The lowest BCUT2D eigenvalue weighted by Crippen LogP contribution is -2.42. The van der Waals surface area contributed by atoms with Gasteiger partial charge in [-0.3, -0.25) is 9.69 Å². The minimum absolute atomic E-state index is 0.187. The van der Waals surface area contributed by atoms with E-state index in [2.05, 4.69) is 12.2 Å². The highest BCUT2D eigenvalue weighted by Gasteiger charge is 2.39. The largest absolute Gasteiger partial charge is 0.338 e. The second-order valence-corrected chi connectivity index (χ2v) is 5.98. The summed E-state index contributed by atoms with van der Waals surface area (Å²) >= 11 is 0. The van der Waals surface area contributed by atoms with Crippen LogP contribution in [-0.4, -0.2) is 40.9 Å². The molecule has 6 nitrogen and oxygen atoms in total. The summed E-state index contributed by atoms with van der Waals surface area (Å²) in [7, 11) is 0. The third kappa shape index (κ3) is 4.81. The maximum atomic E-state index is 12.3. The molecule has 0 aromatic heterocycles. The van der Waals surface area contributed by atoms with E-state index in [1.54, 1.807) is 0 Å². The Labute approximate surface area is 142 Å². The first-order chi connectivity index (χ1) is 11.6. The fraction of sp³-hybridized carbons (Fsp3) is 0.500. The van der Waals surface area contributed by atoms with E-state index in [9.17, 15) is 14.4 Å². The third-order valence-corrected chi connectivity index (χ3v) is 4.04. The van der Waals surface area contributed by atoms with Crippen molar-refractivity contribution in [3.05, 3.63) is 35.9 Å². The van der Waals surface area contributed by atoms with Gasteiger partial charge in [0.25, 0.3) is 5.91 Å². The molecule has 0 saturated carbocycles. The summed E-state index contributed by atoms with van der Waals surface area (Å²) in [6, 6.07) is 8.23. The first-order valence-electron chi connectivity index (χ1n) is 8.57. The molecule has 5 amide bonds. The van der Waals surface area contributed by atoms with Crippen LogP contribution in [0, 0.1) is 0 Å². The van der Waals surface area contributed by atoms with Crippen LogP contribution in [0.5, 0.6) is 0 Å². The predicted octanol–water partition coefficient (Wildman–Crippen LogP) is 3.13. The van der Waals surface area contributed by atoms with Crippen LogP contribution in [0.4, 0.5) is 9.59 Å². The molecule has 1 N–H and O–H groups in total. The van der Waals surface area contributed by atoms with Gasteiger partial charge in [0, 0.05) is 6.54 Å². The second-order valence-electron chi connectivity index (χ2n) is 5.98. The molecule has 2 rings (SSSR count). The van der Waals surface area contributed by atoms with E-state index in [1.807, 2.05) is 30.3 Å². The van der Waals surface area contributed by atoms with Gasteiger partial charge in [0.15, 0.2) is 0 Å². The van der Waals surface area contributed by atoms with Crippen LogP contribution in [0.25, 0.3) is 0 Å². The molecule has 0 aliphatic carbocycles. The zero-order chi connectivity index (χ0) is 17.4. The topological polar surface area (TPSA) is 69.7 Å². The number of rotatable bonds is 8. The van der Waals surface area contributed by atoms with Crippen molar-refractivity contribution in [3.8, 4) is 0 Å². The molecular formula is C18H25N3O3. The first-order valence-corrected chi connectivity index (χ1v) is 8.57. The molecule has 1 heterocycles. The zero-order valence-electron chi connectivity index (χ0n) is 14.2. The maximum absolute atomic E-state index is 12.3. The van der Waals surface area contributed by atoms with Crippen LogP contribution in [0.15, 0.2) is 30.3 Å². The number of benzene rings is 1. The maximum Gasteiger partial charge on any atom is 0.335 e. The summed E-state index contributed by atoms with van der Waals surface area (Å²) < 4.78 is 0. The monoisotopic (exact) mass is 331 g/mol. The van der Waals surface area contributed by atoms with E-state index in [-0.39, 0.29) is 19.0 Å². The Hall–Kier alpha value is -2.37. The van der Waals surface area contributed by atoms with Gasteiger partial charge in [-0.2, -0.15) is 0 Å². The lowest BCUT2D eigenvalue weighted by Gasteiger charge is -2.16. The molecule has 0 radical (unpaired) electrons. The van der Waals surface area contributed by atoms with Crippen LogP contribution in [0.2, 0.25) is 0 Å². The molecule has 24 heavy (non-hydrogen) atoms. The quantitative estimate of drug-likeness (QED) is 0.588. The van der Waals surface area contributed by atoms with Crippen molar-refractivity contribution in [3.63, 3.8) is 0 Å². The minimum Gasteiger partial charge on any atom is -0.338 e. The van der Waals surface area contributed by atoms with Crippen molar-refractivity contribution in [2.45, 2.75) is 45.6 Å². The molecule has 0 bridgehead atoms. The van der Waals surface area contributed by atoms with Gasteiger partial charge < -0.3 is 5.32 Å². The summed E-state index contributed by atoms with van der Waals surface area (Å²) in [4.78, 5) is 38.5. The smallest absolute Gasteiger partial charge is 0.335 e. The zero-order valence-corrected chi connectivity index (χ0v) is 14.2. The second kappa shape index (κ2) is 9.05. The van der Waals surface area contributed by atoms with Gasteiger partial charge in [-0.05, 0) is 12.0 Å². The Morgan fingerprint density at radius 3 is 2.50 bits per heavy atom. The normalized spacial score (nSPS) is 14.4. The minimum atomic E-state index is -0.549. The van der Waals surface area contributed by atoms with Gasteiger partial charge in [-0.1, -0.05) is 62.9 Å². The van der Waals surface area contributed by atoms with Crippen molar-refractivity contribution in [2.24, 2.45) is 0 Å². The van der Waals surface area contributed by atoms with Crippen molar-refractivity contribution in [2.75, 3.05) is 13.1 Å². The molecule has 130 valence electrons. The number of hydrogen-bond donors (Lipinski definition) is 1. The fourth-order valence-corrected chi connectivity index (χ4v) is 2.64. The van der Waals surface area contributed by atoms with E-state index >= 15 is 0 Å². The molecule has 1 saturated heterocycles. The Bertz CT molecular complexity index is 574. The van der Waals surface area contributed by atoms with E-state index < -0.39 is 12.1 Å². The average Bonchev–Trinajstić information content (AvgIpc) is 2.87. The average molecular weight is 331 g/mol. The molecular weight excluding hydrogens is 306 g/mol. The van der Waals surface area contributed by atoms with Gasteiger partial charge in [-0.15, -0.1) is 0 Å². The van der Waals surface area contributed by atoms with Crippen LogP contribution < -0.4 is 5.32 Å². The summed E-state index contributed by atoms with van der Waals surface area (Å²) in [5.74, 6) is -0.345. The van der Waals surface area contributed by atoms with Gasteiger partial charge in [0.1, 0.15) is 6.54 Å². The summed E-state index contributed by atoms with van der Waals surface area (Å²) in [6.07, 6.45) is 5.46. The standard InChI is InChI=1S/C18H25N3O3/c1-2-3-4-5-9-12-19-17(23)21-14-16(22)20(18(21)24)13-15-10-7-6-8-11-15/h6-8,10-11H,2-5,9,12-14H2,1H3,(H,19,23). The number of nitrogens with zero attached hydrogens (tertiary/aromatic N) is 2. The van der Waals surface area contributed by atoms with Crippen molar-refractivity contribution in [1.82, 2.24) is 15.1 Å². The number of urea groups is 2. The van der Waals surface area contributed by atoms with E-state index in [0.29, 0.717) is 6.54 Å². The molecule has 1 fully saturated rings. The number of imide groups is 2. The Morgan fingerprint density at radius 2 is 1.79 bits per heavy atom. The van der Waals surface area contributed by atoms with E-state index in [4.69, 9.17) is 0 Å². The Kier molecular flexibility index (Phi) is 6.78. The Balaban J connectivity index is 1.81.